The highest BCUT2D eigenvalue weighted by Crippen LogP contribution is 2.35. The minimum absolute atomic E-state index is 0.0356. The minimum Gasteiger partial charge on any atom is -0.392 e. The molecule has 2 atom stereocenters. The third-order valence-corrected chi connectivity index (χ3v) is 5.48. The first-order chi connectivity index (χ1) is 12.0. The third kappa shape index (κ3) is 4.60. The molecule has 2 heterocycles. The zero-order chi connectivity index (χ0) is 17.8. The van der Waals surface area contributed by atoms with Crippen molar-refractivity contribution >= 4 is 27.1 Å². The first kappa shape index (κ1) is 17.9. The quantitative estimate of drug-likeness (QED) is 0.795. The summed E-state index contributed by atoms with van der Waals surface area (Å²) in [7, 11) is 0. The lowest BCUT2D eigenvalue weighted by Gasteiger charge is -2.35. The number of ketones is 1. The van der Waals surface area contributed by atoms with Crippen molar-refractivity contribution in [3.05, 3.63) is 48.0 Å². The molecule has 1 aliphatic rings. The lowest BCUT2D eigenvalue weighted by molar-refractivity contribution is -0.115. The lowest BCUT2D eigenvalue weighted by atomic mass is 10.0. The number of likely N-dealkylation sites (tertiary alicyclic amines) is 1. The van der Waals surface area contributed by atoms with Crippen LogP contribution in [0, 0.1) is 0 Å². The maximum absolute atomic E-state index is 11.9. The standard InChI is InChI=1S/C19H25N3O2S/c1-14(23)11-22(19-8-7-18(20)25-19)17(15-5-3-2-4-6-15)13-21-10-9-16(24)12-21/h2-8,16-17,24H,9-13,20H2,1H3. The van der Waals surface area contributed by atoms with Gasteiger partial charge in [0.25, 0.3) is 0 Å². The molecule has 6 heteroatoms. The van der Waals surface area contributed by atoms with Gasteiger partial charge in [0.2, 0.25) is 0 Å². The van der Waals surface area contributed by atoms with Crippen LogP contribution < -0.4 is 10.6 Å². The Bertz CT molecular complexity index is 704. The Morgan fingerprint density at radius 2 is 2.12 bits per heavy atom. The number of nitrogen functional groups attached to an aromatic ring is 1. The SMILES string of the molecule is CC(=O)CN(c1ccc(N)s1)C(CN1CCC(O)C1)c1ccccc1. The van der Waals surface area contributed by atoms with Gasteiger partial charge in [0.05, 0.1) is 28.7 Å². The number of nitrogens with zero attached hydrogens (tertiary/aromatic N) is 2. The van der Waals surface area contributed by atoms with Crippen LogP contribution in [-0.4, -0.2) is 48.1 Å². The first-order valence-corrected chi connectivity index (χ1v) is 9.41. The van der Waals surface area contributed by atoms with E-state index in [-0.39, 0.29) is 17.9 Å². The van der Waals surface area contributed by atoms with E-state index < -0.39 is 0 Å². The molecule has 134 valence electrons. The number of thiophene rings is 1. The van der Waals surface area contributed by atoms with E-state index in [1.165, 1.54) is 11.3 Å². The van der Waals surface area contributed by atoms with Gasteiger partial charge >= 0.3 is 0 Å². The Kier molecular flexibility index (Phi) is 5.73. The summed E-state index contributed by atoms with van der Waals surface area (Å²) < 4.78 is 0. The van der Waals surface area contributed by atoms with E-state index in [4.69, 9.17) is 5.73 Å². The Balaban J connectivity index is 1.92. The maximum Gasteiger partial charge on any atom is 0.149 e. The number of hydrogen-bond donors (Lipinski definition) is 2. The molecule has 0 spiro atoms. The summed E-state index contributed by atoms with van der Waals surface area (Å²) in [5.41, 5.74) is 7.10. The summed E-state index contributed by atoms with van der Waals surface area (Å²) in [6, 6.07) is 14.1. The number of carbonyl (C=O) groups is 1. The number of β-amino-alcohol motifs (C(OH)–C–C–N with tert-alkyl or cyclic N) is 1. The molecule has 1 saturated heterocycles. The smallest absolute Gasteiger partial charge is 0.149 e. The Hall–Kier alpha value is -1.89. The van der Waals surface area contributed by atoms with E-state index in [0.29, 0.717) is 13.1 Å². The third-order valence-electron chi connectivity index (χ3n) is 4.53. The van der Waals surface area contributed by atoms with Crippen molar-refractivity contribution in [2.45, 2.75) is 25.5 Å². The van der Waals surface area contributed by atoms with Gasteiger partial charge in [-0.1, -0.05) is 30.3 Å². The van der Waals surface area contributed by atoms with Crippen LogP contribution in [0.5, 0.6) is 0 Å². The molecule has 0 saturated carbocycles. The van der Waals surface area contributed by atoms with Gasteiger partial charge in [-0.3, -0.25) is 9.69 Å². The largest absolute Gasteiger partial charge is 0.392 e. The van der Waals surface area contributed by atoms with Crippen LogP contribution in [-0.2, 0) is 4.79 Å². The van der Waals surface area contributed by atoms with Crippen LogP contribution in [0.1, 0.15) is 24.9 Å². The molecule has 0 radical (unpaired) electrons. The van der Waals surface area contributed by atoms with E-state index >= 15 is 0 Å². The highest BCUT2D eigenvalue weighted by molar-refractivity contribution is 7.19. The molecule has 2 unspecified atom stereocenters. The van der Waals surface area contributed by atoms with Crippen molar-refractivity contribution in [3.63, 3.8) is 0 Å². The average molecular weight is 359 g/mol. The van der Waals surface area contributed by atoms with Crippen LogP contribution in [0.15, 0.2) is 42.5 Å². The number of aliphatic hydroxyl groups is 1. The minimum atomic E-state index is -0.255. The second-order valence-corrected chi connectivity index (χ2v) is 7.73. The van der Waals surface area contributed by atoms with Gasteiger partial charge in [-0.05, 0) is 31.0 Å². The number of nitrogens with two attached hydrogens (primary N) is 1. The van der Waals surface area contributed by atoms with Crippen LogP contribution in [0.2, 0.25) is 0 Å². The topological polar surface area (TPSA) is 69.8 Å². The van der Waals surface area contributed by atoms with Crippen molar-refractivity contribution < 1.29 is 9.90 Å². The average Bonchev–Trinajstić information content (AvgIpc) is 3.20. The fourth-order valence-corrected chi connectivity index (χ4v) is 4.18. The number of hydrogen-bond acceptors (Lipinski definition) is 6. The summed E-state index contributed by atoms with van der Waals surface area (Å²) in [5.74, 6) is 0.120. The van der Waals surface area contributed by atoms with Crippen LogP contribution in [0.4, 0.5) is 10.0 Å². The lowest BCUT2D eigenvalue weighted by Crippen LogP contribution is -2.39. The van der Waals surface area contributed by atoms with Crippen molar-refractivity contribution in [1.29, 1.82) is 0 Å². The molecule has 5 nitrogen and oxygen atoms in total. The van der Waals surface area contributed by atoms with Crippen LogP contribution in [0.3, 0.4) is 0 Å². The van der Waals surface area contributed by atoms with Crippen molar-refractivity contribution in [3.8, 4) is 0 Å². The normalized spacial score (nSPS) is 19.0. The Morgan fingerprint density at radius 1 is 1.36 bits per heavy atom. The van der Waals surface area contributed by atoms with Gasteiger partial charge in [0.15, 0.2) is 0 Å². The predicted octanol–water partition coefficient (Wildman–Crippen LogP) is 2.53. The molecule has 1 aliphatic heterocycles. The number of Topliss-reactive ketones (excluding diaryl/α,β-unsaturated/α-hetero) is 1. The second kappa shape index (κ2) is 7.99. The van der Waals surface area contributed by atoms with Crippen molar-refractivity contribution in [2.75, 3.05) is 36.8 Å². The van der Waals surface area contributed by atoms with Gasteiger partial charge < -0.3 is 15.7 Å². The molecular weight excluding hydrogens is 334 g/mol. The molecular formula is C19H25N3O2S. The van der Waals surface area contributed by atoms with Gasteiger partial charge in [-0.15, -0.1) is 11.3 Å². The van der Waals surface area contributed by atoms with Gasteiger partial charge in [0.1, 0.15) is 5.78 Å². The zero-order valence-electron chi connectivity index (χ0n) is 14.5. The summed E-state index contributed by atoms with van der Waals surface area (Å²) >= 11 is 1.50. The fourth-order valence-electron chi connectivity index (χ4n) is 3.36. The fraction of sp³-hybridized carbons (Fsp3) is 0.421. The monoisotopic (exact) mass is 359 g/mol. The molecule has 0 bridgehead atoms. The van der Waals surface area contributed by atoms with Gasteiger partial charge in [0, 0.05) is 19.6 Å². The molecule has 0 aliphatic carbocycles. The number of carbonyl (C=O) groups excluding carboxylic acids is 1. The molecule has 3 N–H and O–H groups in total. The summed E-state index contributed by atoms with van der Waals surface area (Å²) in [5, 5.41) is 11.6. The van der Waals surface area contributed by atoms with E-state index in [9.17, 15) is 9.90 Å². The number of aliphatic hydroxyl groups excluding tert-OH is 1. The summed E-state index contributed by atoms with van der Waals surface area (Å²) in [4.78, 5) is 16.3. The Labute approximate surface area is 152 Å². The van der Waals surface area contributed by atoms with E-state index in [2.05, 4.69) is 21.9 Å². The Morgan fingerprint density at radius 3 is 2.68 bits per heavy atom. The zero-order valence-corrected chi connectivity index (χ0v) is 15.3. The van der Waals surface area contributed by atoms with Crippen molar-refractivity contribution in [1.82, 2.24) is 4.90 Å². The summed E-state index contributed by atoms with van der Waals surface area (Å²) in [6.45, 7) is 4.29. The highest BCUT2D eigenvalue weighted by Gasteiger charge is 2.28. The molecule has 1 fully saturated rings. The second-order valence-electron chi connectivity index (χ2n) is 6.63. The molecule has 3 rings (SSSR count). The van der Waals surface area contributed by atoms with Crippen LogP contribution in [0.25, 0.3) is 0 Å². The molecule has 0 amide bonds. The van der Waals surface area contributed by atoms with Gasteiger partial charge in [-0.2, -0.15) is 0 Å². The van der Waals surface area contributed by atoms with Crippen molar-refractivity contribution in [2.24, 2.45) is 0 Å². The first-order valence-electron chi connectivity index (χ1n) is 8.59. The van der Waals surface area contributed by atoms with E-state index in [0.717, 1.165) is 35.1 Å². The molecule has 1 aromatic heterocycles. The number of rotatable bonds is 7. The van der Waals surface area contributed by atoms with Gasteiger partial charge in [-0.25, -0.2) is 0 Å². The molecule has 25 heavy (non-hydrogen) atoms. The highest BCUT2D eigenvalue weighted by atomic mass is 32.1. The summed E-state index contributed by atoms with van der Waals surface area (Å²) in [6.07, 6.45) is 0.551. The molecule has 2 aromatic rings. The number of benzene rings is 1. The molecule has 1 aromatic carbocycles. The van der Waals surface area contributed by atoms with E-state index in [1.807, 2.05) is 30.3 Å². The number of anilines is 2. The maximum atomic E-state index is 11.9. The van der Waals surface area contributed by atoms with E-state index in [1.54, 1.807) is 6.92 Å². The predicted molar refractivity (Wildman–Crippen MR) is 103 cm³/mol. The van der Waals surface area contributed by atoms with Crippen LogP contribution >= 0.6 is 11.3 Å².